The van der Waals surface area contributed by atoms with E-state index < -0.39 is 0 Å². The van der Waals surface area contributed by atoms with E-state index >= 15 is 0 Å². The zero-order chi connectivity index (χ0) is 15.4. The molecule has 0 saturated heterocycles. The van der Waals surface area contributed by atoms with Crippen molar-refractivity contribution in [1.82, 2.24) is 0 Å². The van der Waals surface area contributed by atoms with E-state index in [0.717, 1.165) is 16.3 Å². The molecule has 3 aromatic carbocycles. The lowest BCUT2D eigenvalue weighted by molar-refractivity contribution is 0.104. The molecule has 2 nitrogen and oxygen atoms in total. The predicted octanol–water partition coefficient (Wildman–Crippen LogP) is 4.61. The molecule has 0 bridgehead atoms. The third kappa shape index (κ3) is 2.94. The second-order valence-electron chi connectivity index (χ2n) is 5.00. The highest BCUT2D eigenvalue weighted by molar-refractivity contribution is 6.08. The Balaban J connectivity index is 1.86. The minimum absolute atomic E-state index is 0.0480. The molecule has 3 rings (SSSR count). The monoisotopic (exact) mass is 283 g/mol. The Morgan fingerprint density at radius 1 is 0.909 bits per heavy atom. The third-order valence-corrected chi connectivity index (χ3v) is 3.48. The summed E-state index contributed by atoms with van der Waals surface area (Å²) in [5, 5.41) is 11.0. The zero-order valence-electron chi connectivity index (χ0n) is 11.9. The number of rotatable bonds is 3. The molecular formula is C20H13NO. The van der Waals surface area contributed by atoms with Crippen LogP contribution in [0.2, 0.25) is 0 Å². The van der Waals surface area contributed by atoms with Crippen molar-refractivity contribution in [3.8, 4) is 6.07 Å². The molecule has 0 amide bonds. The maximum Gasteiger partial charge on any atom is 0.185 e. The van der Waals surface area contributed by atoms with Crippen LogP contribution in [0.3, 0.4) is 0 Å². The van der Waals surface area contributed by atoms with Crippen LogP contribution in [0.5, 0.6) is 0 Å². The lowest BCUT2D eigenvalue weighted by Crippen LogP contribution is -1.93. The molecule has 0 saturated carbocycles. The van der Waals surface area contributed by atoms with Gasteiger partial charge in [-0.15, -0.1) is 0 Å². The van der Waals surface area contributed by atoms with E-state index in [1.54, 1.807) is 30.4 Å². The molecule has 0 aliphatic heterocycles. The number of hydrogen-bond acceptors (Lipinski definition) is 2. The van der Waals surface area contributed by atoms with E-state index in [9.17, 15) is 4.79 Å². The Morgan fingerprint density at radius 2 is 1.73 bits per heavy atom. The van der Waals surface area contributed by atoms with Crippen LogP contribution in [0.15, 0.2) is 72.8 Å². The normalized spacial score (nSPS) is 10.7. The Labute approximate surface area is 128 Å². The van der Waals surface area contributed by atoms with Gasteiger partial charge in [0.05, 0.1) is 11.6 Å². The number of carbonyl (C=O) groups is 1. The van der Waals surface area contributed by atoms with Crippen LogP contribution in [-0.2, 0) is 0 Å². The maximum absolute atomic E-state index is 12.3. The largest absolute Gasteiger partial charge is 0.289 e. The van der Waals surface area contributed by atoms with Crippen molar-refractivity contribution in [2.45, 2.75) is 0 Å². The molecule has 0 fully saturated rings. The van der Waals surface area contributed by atoms with E-state index in [1.807, 2.05) is 48.5 Å². The van der Waals surface area contributed by atoms with Crippen LogP contribution < -0.4 is 0 Å². The van der Waals surface area contributed by atoms with Crippen LogP contribution in [0, 0.1) is 11.3 Å². The van der Waals surface area contributed by atoms with Crippen molar-refractivity contribution in [3.05, 3.63) is 89.5 Å². The summed E-state index contributed by atoms with van der Waals surface area (Å²) in [6, 6.07) is 22.9. The Kier molecular flexibility index (Phi) is 3.80. The molecule has 0 radical (unpaired) electrons. The molecule has 22 heavy (non-hydrogen) atoms. The molecule has 0 heterocycles. The quantitative estimate of drug-likeness (QED) is 0.520. The van der Waals surface area contributed by atoms with Gasteiger partial charge in [-0.25, -0.2) is 0 Å². The number of benzene rings is 3. The number of fused-ring (bicyclic) bond motifs is 1. The number of carbonyl (C=O) groups excluding carboxylic acids is 1. The average molecular weight is 283 g/mol. The summed E-state index contributed by atoms with van der Waals surface area (Å²) < 4.78 is 0. The molecule has 0 aromatic heterocycles. The van der Waals surface area contributed by atoms with Crippen molar-refractivity contribution in [2.24, 2.45) is 0 Å². The van der Waals surface area contributed by atoms with Gasteiger partial charge in [-0.3, -0.25) is 4.79 Å². The average Bonchev–Trinajstić information content (AvgIpc) is 2.59. The molecule has 0 aliphatic carbocycles. The number of nitrogens with zero attached hydrogens (tertiary/aromatic N) is 1. The van der Waals surface area contributed by atoms with Crippen LogP contribution in [-0.4, -0.2) is 5.78 Å². The summed E-state index contributed by atoms with van der Waals surface area (Å²) in [5.74, 6) is -0.0480. The van der Waals surface area contributed by atoms with Gasteiger partial charge in [0.15, 0.2) is 5.78 Å². The van der Waals surface area contributed by atoms with Gasteiger partial charge in [0.1, 0.15) is 0 Å². The number of hydrogen-bond donors (Lipinski definition) is 0. The summed E-state index contributed by atoms with van der Waals surface area (Å²) in [6.07, 6.45) is 3.28. The highest BCUT2D eigenvalue weighted by Gasteiger charge is 2.03. The van der Waals surface area contributed by atoms with Crippen molar-refractivity contribution in [3.63, 3.8) is 0 Å². The van der Waals surface area contributed by atoms with Crippen LogP contribution in [0.1, 0.15) is 21.5 Å². The topological polar surface area (TPSA) is 40.9 Å². The molecule has 2 heteroatoms. The highest BCUT2D eigenvalue weighted by Crippen LogP contribution is 2.16. The first-order valence-corrected chi connectivity index (χ1v) is 6.98. The molecule has 0 aliphatic rings. The van der Waals surface area contributed by atoms with E-state index in [2.05, 4.69) is 6.07 Å². The lowest BCUT2D eigenvalue weighted by Gasteiger charge is -2.00. The summed E-state index contributed by atoms with van der Waals surface area (Å²) in [4.78, 5) is 12.3. The fourth-order valence-corrected chi connectivity index (χ4v) is 2.32. The molecule has 0 unspecified atom stereocenters. The Bertz CT molecular complexity index is 916. The smallest absolute Gasteiger partial charge is 0.185 e. The Morgan fingerprint density at radius 3 is 2.55 bits per heavy atom. The Hall–Kier alpha value is -3.18. The fourth-order valence-electron chi connectivity index (χ4n) is 2.32. The van der Waals surface area contributed by atoms with Crippen LogP contribution in [0.25, 0.3) is 16.8 Å². The van der Waals surface area contributed by atoms with Gasteiger partial charge in [-0.1, -0.05) is 54.6 Å². The van der Waals surface area contributed by atoms with Crippen molar-refractivity contribution >= 4 is 22.6 Å². The minimum atomic E-state index is -0.0480. The van der Waals surface area contributed by atoms with E-state index in [1.165, 1.54) is 0 Å². The van der Waals surface area contributed by atoms with Gasteiger partial charge in [-0.05, 0) is 40.6 Å². The second-order valence-corrected chi connectivity index (χ2v) is 5.00. The molecule has 0 N–H and O–H groups in total. The first-order chi connectivity index (χ1) is 10.8. The van der Waals surface area contributed by atoms with E-state index in [0.29, 0.717) is 11.1 Å². The van der Waals surface area contributed by atoms with E-state index in [-0.39, 0.29) is 5.78 Å². The van der Waals surface area contributed by atoms with Crippen LogP contribution >= 0.6 is 0 Å². The van der Waals surface area contributed by atoms with Crippen molar-refractivity contribution in [2.75, 3.05) is 0 Å². The first kappa shape index (κ1) is 13.8. The van der Waals surface area contributed by atoms with Gasteiger partial charge in [0.25, 0.3) is 0 Å². The van der Waals surface area contributed by atoms with Gasteiger partial charge in [0, 0.05) is 5.56 Å². The van der Waals surface area contributed by atoms with Crippen molar-refractivity contribution in [1.29, 1.82) is 5.26 Å². The van der Waals surface area contributed by atoms with Gasteiger partial charge in [0.2, 0.25) is 0 Å². The van der Waals surface area contributed by atoms with Crippen LogP contribution in [0.4, 0.5) is 0 Å². The number of allylic oxidation sites excluding steroid dienone is 1. The lowest BCUT2D eigenvalue weighted by atomic mass is 10.0. The molecule has 3 aromatic rings. The van der Waals surface area contributed by atoms with Gasteiger partial charge >= 0.3 is 0 Å². The molecule has 0 spiro atoms. The van der Waals surface area contributed by atoms with Gasteiger partial charge < -0.3 is 0 Å². The highest BCUT2D eigenvalue weighted by atomic mass is 16.1. The maximum atomic E-state index is 12.3. The SMILES string of the molecule is N#Cc1cccc(/C=C/C(=O)c2ccc3ccccc3c2)c1. The standard InChI is InChI=1S/C20H13NO/c21-14-16-5-3-4-15(12-16)8-11-20(22)19-10-9-17-6-1-2-7-18(17)13-19/h1-13H/b11-8+. The summed E-state index contributed by atoms with van der Waals surface area (Å²) >= 11 is 0. The molecular weight excluding hydrogens is 270 g/mol. The van der Waals surface area contributed by atoms with E-state index in [4.69, 9.17) is 5.26 Å². The first-order valence-electron chi connectivity index (χ1n) is 6.98. The summed E-state index contributed by atoms with van der Waals surface area (Å²) in [6.45, 7) is 0. The predicted molar refractivity (Wildman–Crippen MR) is 88.5 cm³/mol. The minimum Gasteiger partial charge on any atom is -0.289 e. The van der Waals surface area contributed by atoms with Gasteiger partial charge in [-0.2, -0.15) is 5.26 Å². The summed E-state index contributed by atoms with van der Waals surface area (Å²) in [7, 11) is 0. The fraction of sp³-hybridized carbons (Fsp3) is 0. The molecule has 0 atom stereocenters. The zero-order valence-corrected chi connectivity index (χ0v) is 11.9. The van der Waals surface area contributed by atoms with Crippen molar-refractivity contribution < 1.29 is 4.79 Å². The third-order valence-electron chi connectivity index (χ3n) is 3.48. The number of ketones is 1. The number of nitriles is 1. The molecule has 104 valence electrons. The second kappa shape index (κ2) is 6.07. The summed E-state index contributed by atoms with van der Waals surface area (Å²) in [5.41, 5.74) is 2.08.